The van der Waals surface area contributed by atoms with E-state index in [1.54, 1.807) is 0 Å². The summed E-state index contributed by atoms with van der Waals surface area (Å²) in [5.41, 5.74) is 0.513. The van der Waals surface area contributed by atoms with E-state index in [2.05, 4.69) is 36.4 Å². The molecule has 0 aromatic carbocycles. The average Bonchev–Trinajstić information content (AvgIpc) is 2.79. The quantitative estimate of drug-likeness (QED) is 0.857. The van der Waals surface area contributed by atoms with Gasteiger partial charge in [-0.25, -0.2) is 4.98 Å². The molecule has 2 heterocycles. The SMILES string of the molecule is CCC(NC(=O)c1cn2c(n1)NCCC2)C(C)C. The summed E-state index contributed by atoms with van der Waals surface area (Å²) in [6.07, 6.45) is 3.85. The van der Waals surface area contributed by atoms with Crippen LogP contribution in [-0.4, -0.2) is 28.0 Å². The number of carbonyl (C=O) groups is 1. The van der Waals surface area contributed by atoms with Gasteiger partial charge in [0.05, 0.1) is 0 Å². The van der Waals surface area contributed by atoms with E-state index in [1.165, 1.54) is 0 Å². The molecule has 18 heavy (non-hydrogen) atoms. The molecule has 0 radical (unpaired) electrons. The van der Waals surface area contributed by atoms with Crippen LogP contribution in [0.15, 0.2) is 6.20 Å². The van der Waals surface area contributed by atoms with Crippen LogP contribution in [0, 0.1) is 5.92 Å². The first-order chi connectivity index (χ1) is 8.61. The van der Waals surface area contributed by atoms with E-state index in [1.807, 2.05) is 10.8 Å². The van der Waals surface area contributed by atoms with E-state index in [9.17, 15) is 4.79 Å². The van der Waals surface area contributed by atoms with Crippen molar-refractivity contribution in [1.29, 1.82) is 0 Å². The van der Waals surface area contributed by atoms with Gasteiger partial charge in [-0.15, -0.1) is 0 Å². The van der Waals surface area contributed by atoms with Crippen LogP contribution in [0.25, 0.3) is 0 Å². The van der Waals surface area contributed by atoms with Crippen LogP contribution in [0.1, 0.15) is 44.1 Å². The van der Waals surface area contributed by atoms with Gasteiger partial charge in [0.25, 0.3) is 5.91 Å². The van der Waals surface area contributed by atoms with E-state index >= 15 is 0 Å². The van der Waals surface area contributed by atoms with Crippen LogP contribution in [0.5, 0.6) is 0 Å². The number of nitrogens with zero attached hydrogens (tertiary/aromatic N) is 2. The first kappa shape index (κ1) is 12.9. The molecule has 100 valence electrons. The largest absolute Gasteiger partial charge is 0.356 e. The molecular formula is C13H22N4O. The highest BCUT2D eigenvalue weighted by molar-refractivity contribution is 5.92. The number of imidazole rings is 1. The van der Waals surface area contributed by atoms with Gasteiger partial charge >= 0.3 is 0 Å². The van der Waals surface area contributed by atoms with E-state index in [-0.39, 0.29) is 11.9 Å². The Labute approximate surface area is 108 Å². The van der Waals surface area contributed by atoms with Gasteiger partial charge < -0.3 is 15.2 Å². The number of hydrogen-bond donors (Lipinski definition) is 2. The minimum atomic E-state index is -0.0701. The second-order valence-electron chi connectivity index (χ2n) is 5.16. The van der Waals surface area contributed by atoms with Gasteiger partial charge in [-0.1, -0.05) is 20.8 Å². The van der Waals surface area contributed by atoms with Gasteiger partial charge in [0, 0.05) is 25.3 Å². The lowest BCUT2D eigenvalue weighted by atomic mass is 10.0. The lowest BCUT2D eigenvalue weighted by molar-refractivity contribution is 0.0920. The molecule has 2 rings (SSSR count). The Balaban J connectivity index is 2.06. The number of aryl methyl sites for hydroxylation is 1. The molecule has 0 aliphatic carbocycles. The second-order valence-corrected chi connectivity index (χ2v) is 5.16. The van der Waals surface area contributed by atoms with Gasteiger partial charge in [0.2, 0.25) is 5.95 Å². The molecular weight excluding hydrogens is 228 g/mol. The van der Waals surface area contributed by atoms with Crippen molar-refractivity contribution in [1.82, 2.24) is 14.9 Å². The predicted molar refractivity (Wildman–Crippen MR) is 71.7 cm³/mol. The van der Waals surface area contributed by atoms with E-state index in [0.717, 1.165) is 31.9 Å². The average molecular weight is 250 g/mol. The van der Waals surface area contributed by atoms with E-state index < -0.39 is 0 Å². The van der Waals surface area contributed by atoms with Crippen molar-refractivity contribution in [3.8, 4) is 0 Å². The number of hydrogen-bond acceptors (Lipinski definition) is 3. The fraction of sp³-hybridized carbons (Fsp3) is 0.692. The number of carbonyl (C=O) groups excluding carboxylic acids is 1. The molecule has 0 saturated carbocycles. The third kappa shape index (κ3) is 2.66. The van der Waals surface area contributed by atoms with Crippen LogP contribution in [0.2, 0.25) is 0 Å². The Morgan fingerprint density at radius 3 is 3.00 bits per heavy atom. The Morgan fingerprint density at radius 1 is 1.61 bits per heavy atom. The lowest BCUT2D eigenvalue weighted by Crippen LogP contribution is -2.38. The zero-order valence-electron chi connectivity index (χ0n) is 11.4. The maximum Gasteiger partial charge on any atom is 0.271 e. The molecule has 1 aliphatic rings. The van der Waals surface area contributed by atoms with Crippen molar-refractivity contribution in [2.24, 2.45) is 5.92 Å². The standard InChI is InChI=1S/C13H22N4O/c1-4-10(9(2)3)15-12(18)11-8-17-7-5-6-14-13(17)16-11/h8-10H,4-7H2,1-3H3,(H,14,16)(H,15,18). The van der Waals surface area contributed by atoms with Crippen LogP contribution >= 0.6 is 0 Å². The summed E-state index contributed by atoms with van der Waals surface area (Å²) in [4.78, 5) is 16.5. The fourth-order valence-corrected chi connectivity index (χ4v) is 2.27. The Kier molecular flexibility index (Phi) is 3.89. The molecule has 5 heteroatoms. The highest BCUT2D eigenvalue weighted by Gasteiger charge is 2.19. The Bertz CT molecular complexity index is 401. The van der Waals surface area contributed by atoms with Crippen molar-refractivity contribution in [2.75, 3.05) is 11.9 Å². The topological polar surface area (TPSA) is 59.0 Å². The summed E-state index contributed by atoms with van der Waals surface area (Å²) in [5, 5.41) is 6.25. The van der Waals surface area contributed by atoms with Crippen molar-refractivity contribution in [3.05, 3.63) is 11.9 Å². The van der Waals surface area contributed by atoms with Crippen LogP contribution in [0.4, 0.5) is 5.95 Å². The molecule has 1 aromatic rings. The molecule has 5 nitrogen and oxygen atoms in total. The molecule has 0 fully saturated rings. The Morgan fingerprint density at radius 2 is 2.39 bits per heavy atom. The van der Waals surface area contributed by atoms with Crippen molar-refractivity contribution in [2.45, 2.75) is 46.2 Å². The molecule has 1 aromatic heterocycles. The van der Waals surface area contributed by atoms with Crippen LogP contribution < -0.4 is 10.6 Å². The van der Waals surface area contributed by atoms with Gasteiger partial charge in [0.15, 0.2) is 0 Å². The Hall–Kier alpha value is -1.52. The summed E-state index contributed by atoms with van der Waals surface area (Å²) in [6.45, 7) is 8.19. The number of nitrogens with one attached hydrogen (secondary N) is 2. The van der Waals surface area contributed by atoms with Gasteiger partial charge in [-0.3, -0.25) is 4.79 Å². The fourth-order valence-electron chi connectivity index (χ4n) is 2.27. The summed E-state index contributed by atoms with van der Waals surface area (Å²) < 4.78 is 2.01. The number of amides is 1. The molecule has 1 aliphatic heterocycles. The third-order valence-corrected chi connectivity index (χ3v) is 3.43. The zero-order valence-corrected chi connectivity index (χ0v) is 11.4. The van der Waals surface area contributed by atoms with Crippen LogP contribution in [0.3, 0.4) is 0 Å². The smallest absolute Gasteiger partial charge is 0.271 e. The highest BCUT2D eigenvalue weighted by atomic mass is 16.2. The summed E-state index contributed by atoms with van der Waals surface area (Å²) in [5.74, 6) is 1.18. The van der Waals surface area contributed by atoms with Crippen molar-refractivity contribution < 1.29 is 4.79 Å². The molecule has 2 N–H and O–H groups in total. The third-order valence-electron chi connectivity index (χ3n) is 3.43. The normalized spacial score (nSPS) is 16.0. The number of fused-ring (bicyclic) bond motifs is 1. The molecule has 0 saturated heterocycles. The van der Waals surface area contributed by atoms with Crippen molar-refractivity contribution >= 4 is 11.9 Å². The van der Waals surface area contributed by atoms with E-state index in [0.29, 0.717) is 11.6 Å². The first-order valence-electron chi connectivity index (χ1n) is 6.73. The van der Waals surface area contributed by atoms with E-state index in [4.69, 9.17) is 0 Å². The maximum atomic E-state index is 12.1. The first-order valence-corrected chi connectivity index (χ1v) is 6.73. The zero-order chi connectivity index (χ0) is 13.1. The monoisotopic (exact) mass is 250 g/mol. The summed E-state index contributed by atoms with van der Waals surface area (Å²) >= 11 is 0. The second kappa shape index (κ2) is 5.42. The molecule has 1 unspecified atom stereocenters. The summed E-state index contributed by atoms with van der Waals surface area (Å²) in [7, 11) is 0. The minimum Gasteiger partial charge on any atom is -0.356 e. The van der Waals surface area contributed by atoms with Gasteiger partial charge in [-0.2, -0.15) is 0 Å². The number of anilines is 1. The number of rotatable bonds is 4. The molecule has 1 atom stereocenters. The van der Waals surface area contributed by atoms with Crippen LogP contribution in [-0.2, 0) is 6.54 Å². The maximum absolute atomic E-state index is 12.1. The lowest BCUT2D eigenvalue weighted by Gasteiger charge is -2.19. The molecule has 0 bridgehead atoms. The van der Waals surface area contributed by atoms with Gasteiger partial charge in [-0.05, 0) is 18.8 Å². The number of aromatic nitrogens is 2. The predicted octanol–water partition coefficient (Wildman–Crippen LogP) is 1.86. The summed E-state index contributed by atoms with van der Waals surface area (Å²) in [6, 6.07) is 0.212. The highest BCUT2D eigenvalue weighted by Crippen LogP contribution is 2.14. The van der Waals surface area contributed by atoms with Gasteiger partial charge in [0.1, 0.15) is 5.69 Å². The molecule has 1 amide bonds. The minimum absolute atomic E-state index is 0.0701. The molecule has 0 spiro atoms. The van der Waals surface area contributed by atoms with Crippen molar-refractivity contribution in [3.63, 3.8) is 0 Å².